The average molecular weight is 677 g/mol. The Balaban J connectivity index is 1.92. The summed E-state index contributed by atoms with van der Waals surface area (Å²) >= 11 is 9.78. The summed E-state index contributed by atoms with van der Waals surface area (Å²) in [5, 5.41) is 3.52. The minimum Gasteiger partial charge on any atom is -0.350 e. The maximum atomic E-state index is 14.0. The van der Waals surface area contributed by atoms with Crippen LogP contribution in [0.3, 0.4) is 0 Å². The predicted octanol–water partition coefficient (Wildman–Crippen LogP) is 6.51. The van der Waals surface area contributed by atoms with Crippen LogP contribution in [0.1, 0.15) is 50.3 Å². The molecule has 0 saturated heterocycles. The number of carbonyl (C=O) groups is 2. The van der Waals surface area contributed by atoms with E-state index in [9.17, 15) is 18.0 Å². The van der Waals surface area contributed by atoms with Crippen LogP contribution in [0.4, 0.5) is 5.69 Å². The van der Waals surface area contributed by atoms with E-state index >= 15 is 0 Å². The molecule has 0 radical (unpaired) electrons. The molecule has 0 fully saturated rings. The van der Waals surface area contributed by atoms with Gasteiger partial charge in [0.05, 0.1) is 11.9 Å². The van der Waals surface area contributed by atoms with Crippen LogP contribution in [-0.2, 0) is 32.6 Å². The highest BCUT2D eigenvalue weighted by atomic mass is 79.9. The number of rotatable bonds is 12. The van der Waals surface area contributed by atoms with E-state index < -0.39 is 21.6 Å². The fourth-order valence-electron chi connectivity index (χ4n) is 4.69. The van der Waals surface area contributed by atoms with E-state index in [0.717, 1.165) is 21.9 Å². The number of amides is 2. The lowest BCUT2D eigenvalue weighted by Gasteiger charge is -2.34. The van der Waals surface area contributed by atoms with Crippen molar-refractivity contribution in [3.63, 3.8) is 0 Å². The first-order valence-electron chi connectivity index (χ1n) is 13.8. The van der Waals surface area contributed by atoms with Gasteiger partial charge in [0.1, 0.15) is 6.04 Å². The number of hydrogen-bond acceptors (Lipinski definition) is 4. The van der Waals surface area contributed by atoms with Crippen molar-refractivity contribution in [2.75, 3.05) is 17.1 Å². The number of carbonyl (C=O) groups excluding carboxylic acids is 2. The van der Waals surface area contributed by atoms with Gasteiger partial charge in [0.25, 0.3) is 0 Å². The molecule has 3 aromatic rings. The van der Waals surface area contributed by atoms with Crippen molar-refractivity contribution in [2.24, 2.45) is 0 Å². The molecule has 0 aliphatic rings. The van der Waals surface area contributed by atoms with Gasteiger partial charge in [-0.05, 0) is 75.1 Å². The highest BCUT2D eigenvalue weighted by Crippen LogP contribution is 2.29. The van der Waals surface area contributed by atoms with Gasteiger partial charge in [-0.25, -0.2) is 8.42 Å². The van der Waals surface area contributed by atoms with Crippen LogP contribution in [0.25, 0.3) is 0 Å². The third-order valence-corrected chi connectivity index (χ3v) is 8.75. The monoisotopic (exact) mass is 675 g/mol. The number of anilines is 1. The Hall–Kier alpha value is -2.88. The molecule has 226 valence electrons. The highest BCUT2D eigenvalue weighted by molar-refractivity contribution is 9.10. The molecule has 0 saturated carbocycles. The summed E-state index contributed by atoms with van der Waals surface area (Å²) < 4.78 is 27.6. The zero-order valence-electron chi connectivity index (χ0n) is 24.7. The van der Waals surface area contributed by atoms with Crippen LogP contribution in [-0.4, -0.2) is 49.5 Å². The fourth-order valence-corrected chi connectivity index (χ4v) is 6.32. The smallest absolute Gasteiger partial charge is 0.243 e. The van der Waals surface area contributed by atoms with E-state index in [1.165, 1.54) is 4.31 Å². The van der Waals surface area contributed by atoms with Crippen LogP contribution < -0.4 is 9.62 Å². The first-order chi connectivity index (χ1) is 19.7. The summed E-state index contributed by atoms with van der Waals surface area (Å²) in [4.78, 5) is 29.3. The first-order valence-corrected chi connectivity index (χ1v) is 16.8. The van der Waals surface area contributed by atoms with Crippen LogP contribution in [0, 0.1) is 6.92 Å². The van der Waals surface area contributed by atoms with E-state index in [2.05, 4.69) is 21.2 Å². The third-order valence-electron chi connectivity index (χ3n) is 6.67. The number of benzene rings is 3. The minimum absolute atomic E-state index is 0.0493. The van der Waals surface area contributed by atoms with Crippen molar-refractivity contribution >= 4 is 55.1 Å². The molecule has 0 spiro atoms. The van der Waals surface area contributed by atoms with E-state index in [0.29, 0.717) is 22.7 Å². The summed E-state index contributed by atoms with van der Waals surface area (Å²) in [5.74, 6) is -0.488. The van der Waals surface area contributed by atoms with Crippen LogP contribution >= 0.6 is 27.5 Å². The van der Waals surface area contributed by atoms with Gasteiger partial charge in [-0.3, -0.25) is 13.9 Å². The second-order valence-electron chi connectivity index (χ2n) is 11.4. The number of sulfonamides is 1. The van der Waals surface area contributed by atoms with Crippen LogP contribution in [0.15, 0.2) is 77.3 Å². The summed E-state index contributed by atoms with van der Waals surface area (Å²) in [6, 6.07) is 21.6. The normalized spacial score (nSPS) is 12.5. The molecule has 3 rings (SSSR count). The molecule has 0 heterocycles. The zero-order chi connectivity index (χ0) is 31.1. The van der Waals surface area contributed by atoms with Crippen molar-refractivity contribution in [2.45, 2.75) is 65.1 Å². The van der Waals surface area contributed by atoms with Gasteiger partial charge in [0, 0.05) is 41.0 Å². The highest BCUT2D eigenvalue weighted by Gasteiger charge is 2.32. The first kappa shape index (κ1) is 33.6. The number of nitrogens with zero attached hydrogens (tertiary/aromatic N) is 2. The number of halogens is 2. The molecule has 3 aromatic carbocycles. The van der Waals surface area contributed by atoms with Crippen molar-refractivity contribution in [3.05, 3.63) is 99.0 Å². The lowest BCUT2D eigenvalue weighted by molar-refractivity contribution is -0.142. The van der Waals surface area contributed by atoms with Crippen LogP contribution in [0.5, 0.6) is 0 Å². The van der Waals surface area contributed by atoms with Crippen molar-refractivity contribution in [3.8, 4) is 0 Å². The fraction of sp³-hybridized carbons (Fsp3) is 0.375. The maximum absolute atomic E-state index is 14.0. The Kier molecular flexibility index (Phi) is 11.6. The van der Waals surface area contributed by atoms with Gasteiger partial charge >= 0.3 is 0 Å². The van der Waals surface area contributed by atoms with E-state index in [1.807, 2.05) is 75.4 Å². The minimum atomic E-state index is -3.64. The van der Waals surface area contributed by atoms with Gasteiger partial charge in [-0.1, -0.05) is 76.1 Å². The molecular weight excluding hydrogens is 638 g/mol. The largest absolute Gasteiger partial charge is 0.350 e. The molecule has 1 N–H and O–H groups in total. The quantitative estimate of drug-likeness (QED) is 0.237. The van der Waals surface area contributed by atoms with Gasteiger partial charge in [0.2, 0.25) is 21.8 Å². The van der Waals surface area contributed by atoms with E-state index in [-0.39, 0.29) is 37.7 Å². The van der Waals surface area contributed by atoms with E-state index in [1.54, 1.807) is 30.0 Å². The maximum Gasteiger partial charge on any atom is 0.243 e. The summed E-state index contributed by atoms with van der Waals surface area (Å²) in [7, 11) is -3.64. The Bertz CT molecular complexity index is 1490. The van der Waals surface area contributed by atoms with Gasteiger partial charge in [-0.15, -0.1) is 0 Å². The molecule has 1 atom stereocenters. The standard InChI is InChI=1S/C32H39BrClN3O4S/c1-23-27(34)16-10-17-28(23)37(42(5,40)41)19-11-18-30(38)36(22-25-14-9-15-26(33)20-25)29(31(39)35-32(2,3)4)21-24-12-7-6-8-13-24/h6-10,12-17,20,29H,11,18-19,21-22H2,1-5H3,(H,35,39)/t29-/m0/s1. The molecule has 7 nitrogen and oxygen atoms in total. The summed E-state index contributed by atoms with van der Waals surface area (Å²) in [6.07, 6.45) is 1.78. The molecular formula is C32H39BrClN3O4S. The predicted molar refractivity (Wildman–Crippen MR) is 174 cm³/mol. The number of nitrogens with one attached hydrogen (secondary N) is 1. The second-order valence-corrected chi connectivity index (χ2v) is 14.6. The molecule has 0 aliphatic heterocycles. The van der Waals surface area contributed by atoms with Gasteiger partial charge in [-0.2, -0.15) is 0 Å². The van der Waals surface area contributed by atoms with E-state index in [4.69, 9.17) is 11.6 Å². The lowest BCUT2D eigenvalue weighted by atomic mass is 10.00. The average Bonchev–Trinajstić information content (AvgIpc) is 2.89. The van der Waals surface area contributed by atoms with Crippen molar-refractivity contribution in [1.29, 1.82) is 0 Å². The van der Waals surface area contributed by atoms with Crippen molar-refractivity contribution < 1.29 is 18.0 Å². The van der Waals surface area contributed by atoms with Gasteiger partial charge < -0.3 is 10.2 Å². The molecule has 10 heteroatoms. The zero-order valence-corrected chi connectivity index (χ0v) is 27.9. The summed E-state index contributed by atoms with van der Waals surface area (Å²) in [5.41, 5.74) is 2.43. The molecule has 0 bridgehead atoms. The topological polar surface area (TPSA) is 86.8 Å². The van der Waals surface area contributed by atoms with Crippen molar-refractivity contribution in [1.82, 2.24) is 10.2 Å². The molecule has 0 aliphatic carbocycles. The Morgan fingerprint density at radius 1 is 0.976 bits per heavy atom. The molecule has 2 amide bonds. The molecule has 42 heavy (non-hydrogen) atoms. The molecule has 0 unspecified atom stereocenters. The number of hydrogen-bond donors (Lipinski definition) is 1. The Labute approximate surface area is 263 Å². The Morgan fingerprint density at radius 2 is 1.62 bits per heavy atom. The Morgan fingerprint density at radius 3 is 2.24 bits per heavy atom. The summed E-state index contributed by atoms with van der Waals surface area (Å²) in [6.45, 7) is 7.79. The molecule has 0 aromatic heterocycles. The van der Waals surface area contributed by atoms with Crippen LogP contribution in [0.2, 0.25) is 5.02 Å². The van der Waals surface area contributed by atoms with Gasteiger partial charge in [0.15, 0.2) is 0 Å². The second kappa shape index (κ2) is 14.5. The SMILES string of the molecule is Cc1c(Cl)cccc1N(CCCC(=O)N(Cc1cccc(Br)c1)[C@@H](Cc1ccccc1)C(=O)NC(C)(C)C)S(C)(=O)=O. The third kappa shape index (κ3) is 9.85. The lowest BCUT2D eigenvalue weighted by Crippen LogP contribution is -2.54.